The highest BCUT2D eigenvalue weighted by Gasteiger charge is 2.19. The van der Waals surface area contributed by atoms with Crippen molar-refractivity contribution in [2.24, 2.45) is 0 Å². The van der Waals surface area contributed by atoms with Gasteiger partial charge in [-0.1, -0.05) is 40.9 Å². The summed E-state index contributed by atoms with van der Waals surface area (Å²) in [6.07, 6.45) is 0. The summed E-state index contributed by atoms with van der Waals surface area (Å²) in [7, 11) is 0. The minimum absolute atomic E-state index is 0.0775. The number of hydrogen-bond acceptors (Lipinski definition) is 2. The summed E-state index contributed by atoms with van der Waals surface area (Å²) >= 11 is 12.2. The van der Waals surface area contributed by atoms with Crippen LogP contribution < -0.4 is 5.56 Å². The zero-order valence-corrected chi connectivity index (χ0v) is 15.7. The third-order valence-electron chi connectivity index (χ3n) is 4.29. The van der Waals surface area contributed by atoms with Gasteiger partial charge in [0.05, 0.1) is 27.2 Å². The predicted molar refractivity (Wildman–Crippen MR) is 107 cm³/mol. The monoisotopic (exact) mass is 398 g/mol. The zero-order chi connectivity index (χ0) is 19.1. The number of hydrogen-bond donors (Lipinski definition) is 0. The van der Waals surface area contributed by atoms with Crippen molar-refractivity contribution in [1.82, 2.24) is 9.55 Å². The first-order valence-electron chi connectivity index (χ1n) is 8.19. The van der Waals surface area contributed by atoms with Crippen molar-refractivity contribution in [3.05, 3.63) is 92.4 Å². The Kier molecular flexibility index (Phi) is 4.46. The van der Waals surface area contributed by atoms with Crippen LogP contribution >= 0.6 is 23.2 Å². The Morgan fingerprint density at radius 3 is 2.44 bits per heavy atom. The summed E-state index contributed by atoms with van der Waals surface area (Å²) in [6, 6.07) is 16.4. The molecule has 0 saturated carbocycles. The molecule has 0 bridgehead atoms. The van der Waals surface area contributed by atoms with E-state index in [0.717, 1.165) is 5.56 Å². The van der Waals surface area contributed by atoms with Crippen molar-refractivity contribution in [1.29, 1.82) is 0 Å². The van der Waals surface area contributed by atoms with Crippen molar-refractivity contribution in [2.75, 3.05) is 0 Å². The number of aromatic nitrogens is 2. The topological polar surface area (TPSA) is 34.9 Å². The number of rotatable bonds is 2. The number of benzene rings is 3. The Morgan fingerprint density at radius 1 is 1.00 bits per heavy atom. The molecular weight excluding hydrogens is 386 g/mol. The van der Waals surface area contributed by atoms with E-state index in [2.05, 4.69) is 4.98 Å². The van der Waals surface area contributed by atoms with Gasteiger partial charge in [-0.15, -0.1) is 0 Å². The van der Waals surface area contributed by atoms with E-state index in [4.69, 9.17) is 23.2 Å². The van der Waals surface area contributed by atoms with Crippen molar-refractivity contribution < 1.29 is 4.39 Å². The second kappa shape index (κ2) is 6.80. The Hall–Kier alpha value is -2.69. The van der Waals surface area contributed by atoms with E-state index >= 15 is 0 Å². The second-order valence-corrected chi connectivity index (χ2v) is 7.01. The molecule has 3 nitrogen and oxygen atoms in total. The van der Waals surface area contributed by atoms with Gasteiger partial charge in [0, 0.05) is 5.02 Å². The Labute approximate surface area is 164 Å². The molecule has 1 aromatic heterocycles. The van der Waals surface area contributed by atoms with Crippen LogP contribution in [0.3, 0.4) is 0 Å². The Morgan fingerprint density at radius 2 is 1.74 bits per heavy atom. The van der Waals surface area contributed by atoms with Crippen LogP contribution in [0.2, 0.25) is 10.0 Å². The van der Waals surface area contributed by atoms with Crippen LogP contribution in [0.5, 0.6) is 0 Å². The van der Waals surface area contributed by atoms with Gasteiger partial charge in [-0.05, 0) is 55.5 Å². The molecule has 0 atom stereocenters. The van der Waals surface area contributed by atoms with Crippen LogP contribution in [0.15, 0.2) is 65.5 Å². The van der Waals surface area contributed by atoms with Gasteiger partial charge in [-0.3, -0.25) is 9.36 Å². The van der Waals surface area contributed by atoms with E-state index < -0.39 is 5.82 Å². The molecule has 0 fully saturated rings. The SMILES string of the molecule is Cc1ccc2nc(-c3c(F)cccc3Cl)n(-c3ccc(Cl)cc3)c(=O)c2c1. The van der Waals surface area contributed by atoms with Crippen LogP contribution in [0.1, 0.15) is 5.56 Å². The van der Waals surface area contributed by atoms with Crippen LogP contribution in [0.4, 0.5) is 4.39 Å². The summed E-state index contributed by atoms with van der Waals surface area (Å²) in [5.74, 6) is -0.412. The van der Waals surface area contributed by atoms with E-state index in [1.165, 1.54) is 16.7 Å². The molecule has 134 valence electrons. The van der Waals surface area contributed by atoms with Crippen LogP contribution in [-0.4, -0.2) is 9.55 Å². The van der Waals surface area contributed by atoms with Gasteiger partial charge >= 0.3 is 0 Å². The number of aryl methyl sites for hydroxylation is 1. The van der Waals surface area contributed by atoms with Crippen LogP contribution in [0.25, 0.3) is 28.0 Å². The molecule has 6 heteroatoms. The molecule has 0 aliphatic heterocycles. The fourth-order valence-corrected chi connectivity index (χ4v) is 3.38. The first-order valence-corrected chi connectivity index (χ1v) is 8.95. The molecule has 1 heterocycles. The van der Waals surface area contributed by atoms with Gasteiger partial charge in [-0.2, -0.15) is 0 Å². The van der Waals surface area contributed by atoms with E-state index in [-0.39, 0.29) is 22.0 Å². The minimum Gasteiger partial charge on any atom is -0.268 e. The molecule has 0 aliphatic rings. The second-order valence-electron chi connectivity index (χ2n) is 6.17. The number of halogens is 3. The average molecular weight is 399 g/mol. The normalized spacial score (nSPS) is 11.1. The lowest BCUT2D eigenvalue weighted by atomic mass is 10.1. The lowest BCUT2D eigenvalue weighted by Gasteiger charge is -2.15. The average Bonchev–Trinajstić information content (AvgIpc) is 2.64. The quantitative estimate of drug-likeness (QED) is 0.427. The smallest absolute Gasteiger partial charge is 0.266 e. The molecule has 0 saturated heterocycles. The Balaban J connectivity index is 2.17. The minimum atomic E-state index is -0.552. The molecule has 3 aromatic carbocycles. The van der Waals surface area contributed by atoms with Gasteiger partial charge in [0.1, 0.15) is 5.82 Å². The summed E-state index contributed by atoms with van der Waals surface area (Å²) in [4.78, 5) is 17.9. The fourth-order valence-electron chi connectivity index (χ4n) is 3.01. The van der Waals surface area contributed by atoms with Gasteiger partial charge < -0.3 is 0 Å². The van der Waals surface area contributed by atoms with E-state index in [9.17, 15) is 9.18 Å². The van der Waals surface area contributed by atoms with Gasteiger partial charge in [0.15, 0.2) is 5.82 Å². The summed E-state index contributed by atoms with van der Waals surface area (Å²) in [5, 5.41) is 1.15. The van der Waals surface area contributed by atoms with Crippen molar-refractivity contribution in [3.63, 3.8) is 0 Å². The summed E-state index contributed by atoms with van der Waals surface area (Å²) < 4.78 is 16.0. The van der Waals surface area contributed by atoms with Crippen molar-refractivity contribution >= 4 is 34.1 Å². The molecule has 4 aromatic rings. The molecule has 0 amide bonds. The molecule has 0 N–H and O–H groups in total. The van der Waals surface area contributed by atoms with E-state index in [1.807, 2.05) is 13.0 Å². The lowest BCUT2D eigenvalue weighted by Crippen LogP contribution is -2.22. The summed E-state index contributed by atoms with van der Waals surface area (Å²) in [5.41, 5.74) is 1.70. The molecule has 27 heavy (non-hydrogen) atoms. The van der Waals surface area contributed by atoms with Crippen molar-refractivity contribution in [3.8, 4) is 17.1 Å². The largest absolute Gasteiger partial charge is 0.268 e. The predicted octanol–water partition coefficient (Wildman–Crippen LogP) is 5.81. The number of nitrogens with zero attached hydrogens (tertiary/aromatic N) is 2. The summed E-state index contributed by atoms with van der Waals surface area (Å²) in [6.45, 7) is 1.90. The van der Waals surface area contributed by atoms with Gasteiger partial charge in [-0.25, -0.2) is 9.37 Å². The van der Waals surface area contributed by atoms with Crippen LogP contribution in [-0.2, 0) is 0 Å². The molecule has 0 spiro atoms. The standard InChI is InChI=1S/C21H13Cl2FN2O/c1-12-5-10-18-15(11-12)21(27)26(14-8-6-13(22)7-9-14)20(25-18)19-16(23)3-2-4-17(19)24/h2-11H,1H3. The molecule has 0 aliphatic carbocycles. The first-order chi connectivity index (χ1) is 13.0. The maximum Gasteiger partial charge on any atom is 0.266 e. The molecular formula is C21H13Cl2FN2O. The first kappa shape index (κ1) is 17.7. The highest BCUT2D eigenvalue weighted by atomic mass is 35.5. The third-order valence-corrected chi connectivity index (χ3v) is 4.86. The third kappa shape index (κ3) is 3.11. The highest BCUT2D eigenvalue weighted by molar-refractivity contribution is 6.33. The Bertz CT molecular complexity index is 1210. The van der Waals surface area contributed by atoms with E-state index in [1.54, 1.807) is 42.5 Å². The zero-order valence-electron chi connectivity index (χ0n) is 14.2. The number of fused-ring (bicyclic) bond motifs is 1. The lowest BCUT2D eigenvalue weighted by molar-refractivity contribution is 0.629. The maximum atomic E-state index is 14.6. The fraction of sp³-hybridized carbons (Fsp3) is 0.0476. The highest BCUT2D eigenvalue weighted by Crippen LogP contribution is 2.31. The van der Waals surface area contributed by atoms with Gasteiger partial charge in [0.25, 0.3) is 5.56 Å². The molecule has 4 rings (SSSR count). The maximum absolute atomic E-state index is 14.6. The molecule has 0 radical (unpaired) electrons. The molecule has 0 unspecified atom stereocenters. The van der Waals surface area contributed by atoms with Gasteiger partial charge in [0.2, 0.25) is 0 Å². The van der Waals surface area contributed by atoms with Crippen molar-refractivity contribution in [2.45, 2.75) is 6.92 Å². The van der Waals surface area contributed by atoms with Crippen LogP contribution in [0, 0.1) is 12.7 Å². The van der Waals surface area contributed by atoms with E-state index in [0.29, 0.717) is 21.6 Å².